The van der Waals surface area contributed by atoms with Crippen LogP contribution in [0, 0.1) is 13.8 Å². The smallest absolute Gasteiger partial charge is 0.344 e. The number of ether oxygens (including phenoxy) is 2. The van der Waals surface area contributed by atoms with E-state index in [-0.39, 0.29) is 0 Å². The summed E-state index contributed by atoms with van der Waals surface area (Å²) in [7, 11) is 0. The van der Waals surface area contributed by atoms with Gasteiger partial charge in [0.15, 0.2) is 0 Å². The molecule has 0 aliphatic rings. The molecule has 160 valence electrons. The van der Waals surface area contributed by atoms with Gasteiger partial charge in [-0.05, 0) is 43.2 Å². The lowest BCUT2D eigenvalue weighted by Gasteiger charge is -2.12. The van der Waals surface area contributed by atoms with Crippen LogP contribution in [0.1, 0.15) is 27.8 Å². The molecule has 3 aromatic rings. The summed E-state index contributed by atoms with van der Waals surface area (Å²) in [6.45, 7) is 4.37. The molecule has 0 saturated heterocycles. The van der Waals surface area contributed by atoms with Crippen LogP contribution in [0.15, 0.2) is 71.9 Å². The van der Waals surface area contributed by atoms with Crippen molar-refractivity contribution in [2.24, 2.45) is 5.16 Å². The minimum absolute atomic E-state index is 0.391. The molecule has 0 fully saturated rings. The van der Waals surface area contributed by atoms with Crippen LogP contribution in [0.4, 0.5) is 0 Å². The molecule has 0 radical (unpaired) electrons. The highest BCUT2D eigenvalue weighted by Crippen LogP contribution is 2.25. The Bertz CT molecular complexity index is 1060. The van der Waals surface area contributed by atoms with Crippen molar-refractivity contribution >= 4 is 12.2 Å². The van der Waals surface area contributed by atoms with Crippen LogP contribution in [0.2, 0.25) is 0 Å². The molecule has 1 N–H and O–H groups in total. The molecule has 0 atom stereocenters. The van der Waals surface area contributed by atoms with Gasteiger partial charge in [0.25, 0.3) is 0 Å². The van der Waals surface area contributed by atoms with Gasteiger partial charge in [-0.1, -0.05) is 64.8 Å². The molecule has 0 aliphatic carbocycles. The van der Waals surface area contributed by atoms with Crippen molar-refractivity contribution in [1.82, 2.24) is 0 Å². The van der Waals surface area contributed by atoms with E-state index in [4.69, 9.17) is 19.4 Å². The predicted octanol–water partition coefficient (Wildman–Crippen LogP) is 4.90. The highest BCUT2D eigenvalue weighted by Gasteiger charge is 2.07. The van der Waals surface area contributed by atoms with Crippen LogP contribution in [-0.4, -0.2) is 23.9 Å². The fourth-order valence-corrected chi connectivity index (χ4v) is 2.97. The summed E-state index contributed by atoms with van der Waals surface area (Å²) >= 11 is 0. The molecule has 3 aromatic carbocycles. The molecule has 6 nitrogen and oxygen atoms in total. The summed E-state index contributed by atoms with van der Waals surface area (Å²) in [6.07, 6.45) is 1.42. The third-order valence-corrected chi connectivity index (χ3v) is 4.40. The van der Waals surface area contributed by atoms with E-state index in [1.54, 1.807) is 12.1 Å². The van der Waals surface area contributed by atoms with E-state index in [0.29, 0.717) is 30.3 Å². The van der Waals surface area contributed by atoms with E-state index in [1.807, 2.05) is 56.3 Å². The van der Waals surface area contributed by atoms with Gasteiger partial charge >= 0.3 is 5.97 Å². The zero-order valence-electron chi connectivity index (χ0n) is 17.6. The highest BCUT2D eigenvalue weighted by atomic mass is 16.6. The van der Waals surface area contributed by atoms with E-state index in [2.05, 4.69) is 17.3 Å². The minimum Gasteiger partial charge on any atom is -0.489 e. The number of rotatable bonds is 10. The average molecular weight is 419 g/mol. The lowest BCUT2D eigenvalue weighted by atomic mass is 10.1. The molecule has 0 amide bonds. The van der Waals surface area contributed by atoms with E-state index < -0.39 is 12.6 Å². The normalized spacial score (nSPS) is 10.8. The van der Waals surface area contributed by atoms with E-state index in [1.165, 1.54) is 11.8 Å². The number of aliphatic carboxylic acids is 1. The van der Waals surface area contributed by atoms with E-state index in [0.717, 1.165) is 16.7 Å². The number of hydrogen-bond donors (Lipinski definition) is 1. The van der Waals surface area contributed by atoms with Crippen molar-refractivity contribution in [3.8, 4) is 11.5 Å². The van der Waals surface area contributed by atoms with Crippen molar-refractivity contribution in [1.29, 1.82) is 0 Å². The van der Waals surface area contributed by atoms with Crippen LogP contribution in [0.5, 0.6) is 11.5 Å². The number of oxime groups is 1. The van der Waals surface area contributed by atoms with Gasteiger partial charge in [-0.3, -0.25) is 0 Å². The van der Waals surface area contributed by atoms with Crippen LogP contribution in [0.25, 0.3) is 0 Å². The Morgan fingerprint density at radius 1 is 0.903 bits per heavy atom. The first-order chi connectivity index (χ1) is 15.0. The highest BCUT2D eigenvalue weighted by molar-refractivity contribution is 5.84. The summed E-state index contributed by atoms with van der Waals surface area (Å²) < 4.78 is 11.9. The predicted molar refractivity (Wildman–Crippen MR) is 119 cm³/mol. The maximum Gasteiger partial charge on any atom is 0.344 e. The lowest BCUT2D eigenvalue weighted by Crippen LogP contribution is -2.04. The first kappa shape index (κ1) is 21.9. The second kappa shape index (κ2) is 10.8. The summed E-state index contributed by atoms with van der Waals surface area (Å²) in [5, 5.41) is 12.4. The topological polar surface area (TPSA) is 77.3 Å². The summed E-state index contributed by atoms with van der Waals surface area (Å²) in [6, 6.07) is 21.6. The Labute approximate surface area is 181 Å². The fraction of sp³-hybridized carbons (Fsp3) is 0.200. The maximum atomic E-state index is 10.6. The number of hydrogen-bond acceptors (Lipinski definition) is 5. The number of benzene rings is 3. The standard InChI is InChI=1S/C25H25NO5/c1-18-5-3-7-20(11-18)15-29-23-9-10-24(22(13-23)14-26-31-17-25(27)28)30-16-21-8-4-6-19(2)12-21/h3-14H,15-17H2,1-2H3,(H,27,28). The molecule has 0 unspecified atom stereocenters. The van der Waals surface area contributed by atoms with Gasteiger partial charge in [-0.25, -0.2) is 4.79 Å². The molecule has 0 heterocycles. The summed E-state index contributed by atoms with van der Waals surface area (Å²) in [5.74, 6) is 0.138. The molecule has 0 bridgehead atoms. The number of carboxylic acids is 1. The lowest BCUT2D eigenvalue weighted by molar-refractivity contribution is -0.142. The average Bonchev–Trinajstić information content (AvgIpc) is 2.74. The summed E-state index contributed by atoms with van der Waals surface area (Å²) in [5.41, 5.74) is 5.07. The largest absolute Gasteiger partial charge is 0.489 e. The van der Waals surface area contributed by atoms with E-state index in [9.17, 15) is 4.79 Å². The van der Waals surface area contributed by atoms with Crippen LogP contribution in [-0.2, 0) is 22.8 Å². The summed E-state index contributed by atoms with van der Waals surface area (Å²) in [4.78, 5) is 15.4. The Balaban J connectivity index is 1.73. The molecular formula is C25H25NO5. The number of aryl methyl sites for hydroxylation is 2. The van der Waals surface area contributed by atoms with Gasteiger partial charge < -0.3 is 19.4 Å². The van der Waals surface area contributed by atoms with Gasteiger partial charge in [-0.2, -0.15) is 0 Å². The van der Waals surface area contributed by atoms with Gasteiger partial charge in [-0.15, -0.1) is 0 Å². The first-order valence-corrected chi connectivity index (χ1v) is 9.87. The molecule has 0 aromatic heterocycles. The van der Waals surface area contributed by atoms with Crippen molar-refractivity contribution in [2.45, 2.75) is 27.1 Å². The van der Waals surface area contributed by atoms with Crippen molar-refractivity contribution in [3.05, 3.63) is 94.5 Å². The van der Waals surface area contributed by atoms with Crippen molar-refractivity contribution < 1.29 is 24.2 Å². The fourth-order valence-electron chi connectivity index (χ4n) is 2.97. The zero-order valence-corrected chi connectivity index (χ0v) is 17.6. The number of nitrogens with zero attached hydrogens (tertiary/aromatic N) is 1. The SMILES string of the molecule is Cc1cccc(COc2ccc(OCc3cccc(C)c3)c(C=NOCC(=O)O)c2)c1. The van der Waals surface area contributed by atoms with Crippen molar-refractivity contribution in [3.63, 3.8) is 0 Å². The van der Waals surface area contributed by atoms with Crippen molar-refractivity contribution in [2.75, 3.05) is 6.61 Å². The monoisotopic (exact) mass is 419 g/mol. The zero-order chi connectivity index (χ0) is 22.1. The minimum atomic E-state index is -1.09. The van der Waals surface area contributed by atoms with E-state index >= 15 is 0 Å². The van der Waals surface area contributed by atoms with Gasteiger partial charge in [0.05, 0.1) is 6.21 Å². The molecule has 3 rings (SSSR count). The molecule has 31 heavy (non-hydrogen) atoms. The van der Waals surface area contributed by atoms with Gasteiger partial charge in [0.1, 0.15) is 24.7 Å². The molecular weight excluding hydrogens is 394 g/mol. The van der Waals surface area contributed by atoms with Gasteiger partial charge in [0, 0.05) is 5.56 Å². The van der Waals surface area contributed by atoms with Gasteiger partial charge in [0.2, 0.25) is 6.61 Å². The van der Waals surface area contributed by atoms with Crippen LogP contribution >= 0.6 is 0 Å². The molecule has 0 aliphatic heterocycles. The Morgan fingerprint density at radius 2 is 1.55 bits per heavy atom. The Hall–Kier alpha value is -3.80. The third kappa shape index (κ3) is 7.19. The second-order valence-corrected chi connectivity index (χ2v) is 7.16. The second-order valence-electron chi connectivity index (χ2n) is 7.16. The quantitative estimate of drug-likeness (QED) is 0.374. The number of carbonyl (C=O) groups is 1. The molecule has 0 saturated carbocycles. The number of carboxylic acid groups (broad SMARTS) is 1. The Morgan fingerprint density at radius 3 is 2.16 bits per heavy atom. The molecule has 0 spiro atoms. The Kier molecular flexibility index (Phi) is 7.65. The first-order valence-electron chi connectivity index (χ1n) is 9.87. The molecule has 6 heteroatoms. The maximum absolute atomic E-state index is 10.6. The van der Waals surface area contributed by atoms with Crippen LogP contribution < -0.4 is 9.47 Å². The van der Waals surface area contributed by atoms with Crippen LogP contribution in [0.3, 0.4) is 0 Å². The third-order valence-electron chi connectivity index (χ3n) is 4.40.